The van der Waals surface area contributed by atoms with Crippen LogP contribution in [0.5, 0.6) is 0 Å². The van der Waals surface area contributed by atoms with Crippen LogP contribution in [0.3, 0.4) is 0 Å². The standard InChI is InChI=1S/C13H19NO2/c1-10(7-15)6-14-13-9-16-8-11-4-2-3-5-12(11)13/h2-5,10,13-15H,6-9H2,1H3. The van der Waals surface area contributed by atoms with Crippen molar-refractivity contribution in [2.45, 2.75) is 19.6 Å². The van der Waals surface area contributed by atoms with Gasteiger partial charge < -0.3 is 15.2 Å². The van der Waals surface area contributed by atoms with Crippen molar-refractivity contribution in [2.75, 3.05) is 19.8 Å². The number of fused-ring (bicyclic) bond motifs is 1. The predicted molar refractivity (Wildman–Crippen MR) is 63.1 cm³/mol. The van der Waals surface area contributed by atoms with E-state index in [1.54, 1.807) is 0 Å². The molecule has 88 valence electrons. The maximum atomic E-state index is 8.99. The number of ether oxygens (including phenoxy) is 1. The van der Waals surface area contributed by atoms with E-state index in [1.807, 2.05) is 13.0 Å². The average Bonchev–Trinajstić information content (AvgIpc) is 2.35. The Morgan fingerprint density at radius 3 is 3.12 bits per heavy atom. The van der Waals surface area contributed by atoms with Crippen LogP contribution in [0.25, 0.3) is 0 Å². The maximum Gasteiger partial charge on any atom is 0.0721 e. The van der Waals surface area contributed by atoms with E-state index in [-0.39, 0.29) is 18.6 Å². The zero-order chi connectivity index (χ0) is 11.4. The van der Waals surface area contributed by atoms with Crippen LogP contribution in [0.2, 0.25) is 0 Å². The Morgan fingerprint density at radius 1 is 1.50 bits per heavy atom. The van der Waals surface area contributed by atoms with Crippen molar-refractivity contribution in [3.8, 4) is 0 Å². The van der Waals surface area contributed by atoms with Crippen molar-refractivity contribution < 1.29 is 9.84 Å². The normalized spacial score (nSPS) is 21.5. The fourth-order valence-corrected chi connectivity index (χ4v) is 1.96. The third-order valence-electron chi connectivity index (χ3n) is 3.00. The molecule has 0 aliphatic carbocycles. The quantitative estimate of drug-likeness (QED) is 0.809. The molecule has 1 heterocycles. The molecular formula is C13H19NO2. The largest absolute Gasteiger partial charge is 0.396 e. The molecule has 0 spiro atoms. The summed E-state index contributed by atoms with van der Waals surface area (Å²) >= 11 is 0. The predicted octanol–water partition coefficient (Wildman–Crippen LogP) is 1.48. The van der Waals surface area contributed by atoms with Crippen LogP contribution in [-0.4, -0.2) is 24.9 Å². The van der Waals surface area contributed by atoms with Gasteiger partial charge in [0, 0.05) is 13.2 Å². The highest BCUT2D eigenvalue weighted by molar-refractivity contribution is 5.30. The van der Waals surface area contributed by atoms with Gasteiger partial charge in [0.1, 0.15) is 0 Å². The van der Waals surface area contributed by atoms with Crippen molar-refractivity contribution >= 4 is 0 Å². The average molecular weight is 221 g/mol. The Kier molecular flexibility index (Phi) is 3.93. The van der Waals surface area contributed by atoms with Gasteiger partial charge in [0.15, 0.2) is 0 Å². The smallest absolute Gasteiger partial charge is 0.0721 e. The third kappa shape index (κ3) is 2.61. The minimum absolute atomic E-state index is 0.224. The fraction of sp³-hybridized carbons (Fsp3) is 0.538. The lowest BCUT2D eigenvalue weighted by Gasteiger charge is -2.27. The molecule has 0 saturated heterocycles. The van der Waals surface area contributed by atoms with E-state index >= 15 is 0 Å². The zero-order valence-corrected chi connectivity index (χ0v) is 9.65. The van der Waals surface area contributed by atoms with Gasteiger partial charge in [-0.25, -0.2) is 0 Å². The summed E-state index contributed by atoms with van der Waals surface area (Å²) in [5.41, 5.74) is 2.60. The molecule has 0 bridgehead atoms. The highest BCUT2D eigenvalue weighted by Crippen LogP contribution is 2.24. The summed E-state index contributed by atoms with van der Waals surface area (Å²) in [6.07, 6.45) is 0. The third-order valence-corrected chi connectivity index (χ3v) is 3.00. The molecular weight excluding hydrogens is 202 g/mol. The Balaban J connectivity index is 2.01. The van der Waals surface area contributed by atoms with Gasteiger partial charge in [-0.05, 0) is 17.0 Å². The van der Waals surface area contributed by atoms with Gasteiger partial charge in [0.05, 0.1) is 19.3 Å². The molecule has 0 radical (unpaired) electrons. The van der Waals surface area contributed by atoms with Gasteiger partial charge >= 0.3 is 0 Å². The van der Waals surface area contributed by atoms with Crippen LogP contribution >= 0.6 is 0 Å². The summed E-state index contributed by atoms with van der Waals surface area (Å²) in [5.74, 6) is 0.286. The van der Waals surface area contributed by atoms with E-state index in [1.165, 1.54) is 11.1 Å². The van der Waals surface area contributed by atoms with Crippen molar-refractivity contribution in [1.29, 1.82) is 0 Å². The number of benzene rings is 1. The Bertz CT molecular complexity index is 340. The lowest BCUT2D eigenvalue weighted by Crippen LogP contribution is -2.33. The Hall–Kier alpha value is -0.900. The van der Waals surface area contributed by atoms with Crippen LogP contribution < -0.4 is 5.32 Å². The van der Waals surface area contributed by atoms with Crippen molar-refractivity contribution in [1.82, 2.24) is 5.32 Å². The molecule has 0 saturated carbocycles. The second-order valence-electron chi connectivity index (χ2n) is 4.46. The number of aliphatic hydroxyl groups is 1. The number of hydrogen-bond donors (Lipinski definition) is 2. The first-order chi connectivity index (χ1) is 7.81. The van der Waals surface area contributed by atoms with Gasteiger partial charge in [-0.1, -0.05) is 31.2 Å². The number of nitrogens with one attached hydrogen (secondary N) is 1. The summed E-state index contributed by atoms with van der Waals surface area (Å²) in [6.45, 7) is 4.50. The first-order valence-electron chi connectivity index (χ1n) is 5.81. The highest BCUT2D eigenvalue weighted by Gasteiger charge is 2.19. The van der Waals surface area contributed by atoms with E-state index in [9.17, 15) is 0 Å². The van der Waals surface area contributed by atoms with Gasteiger partial charge in [-0.3, -0.25) is 0 Å². The van der Waals surface area contributed by atoms with Crippen molar-refractivity contribution in [3.63, 3.8) is 0 Å². The van der Waals surface area contributed by atoms with Gasteiger partial charge in [-0.15, -0.1) is 0 Å². The van der Waals surface area contributed by atoms with Crippen LogP contribution in [0.1, 0.15) is 24.1 Å². The van der Waals surface area contributed by atoms with E-state index < -0.39 is 0 Å². The molecule has 2 rings (SSSR count). The topological polar surface area (TPSA) is 41.5 Å². The molecule has 0 aromatic heterocycles. The van der Waals surface area contributed by atoms with Crippen molar-refractivity contribution in [3.05, 3.63) is 35.4 Å². The summed E-state index contributed by atoms with van der Waals surface area (Å²) in [5, 5.41) is 12.4. The van der Waals surface area contributed by atoms with E-state index in [4.69, 9.17) is 9.84 Å². The summed E-state index contributed by atoms with van der Waals surface area (Å²) in [6, 6.07) is 8.63. The minimum Gasteiger partial charge on any atom is -0.396 e. The molecule has 1 aliphatic rings. The molecule has 16 heavy (non-hydrogen) atoms. The molecule has 2 unspecified atom stereocenters. The summed E-state index contributed by atoms with van der Waals surface area (Å²) in [7, 11) is 0. The van der Waals surface area contributed by atoms with E-state index in [0.717, 1.165) is 13.2 Å². The van der Waals surface area contributed by atoms with Gasteiger partial charge in [0.25, 0.3) is 0 Å². The monoisotopic (exact) mass is 221 g/mol. The van der Waals surface area contributed by atoms with Gasteiger partial charge in [0.2, 0.25) is 0 Å². The fourth-order valence-electron chi connectivity index (χ4n) is 1.96. The lowest BCUT2D eigenvalue weighted by atomic mass is 9.98. The number of aliphatic hydroxyl groups excluding tert-OH is 1. The summed E-state index contributed by atoms with van der Waals surface area (Å²) in [4.78, 5) is 0. The van der Waals surface area contributed by atoms with Gasteiger partial charge in [-0.2, -0.15) is 0 Å². The lowest BCUT2D eigenvalue weighted by molar-refractivity contribution is 0.0798. The van der Waals surface area contributed by atoms with E-state index in [0.29, 0.717) is 6.61 Å². The number of hydrogen-bond acceptors (Lipinski definition) is 3. The Morgan fingerprint density at radius 2 is 2.31 bits per heavy atom. The second kappa shape index (κ2) is 5.43. The Labute approximate surface area is 96.4 Å². The maximum absolute atomic E-state index is 8.99. The molecule has 2 N–H and O–H groups in total. The molecule has 0 fully saturated rings. The first kappa shape index (κ1) is 11.6. The second-order valence-corrected chi connectivity index (χ2v) is 4.46. The first-order valence-corrected chi connectivity index (χ1v) is 5.81. The van der Waals surface area contributed by atoms with Crippen LogP contribution in [0.4, 0.5) is 0 Å². The summed E-state index contributed by atoms with van der Waals surface area (Å²) < 4.78 is 5.55. The minimum atomic E-state index is 0.224. The zero-order valence-electron chi connectivity index (χ0n) is 9.65. The SMILES string of the molecule is CC(CO)CNC1COCc2ccccc21. The molecule has 3 nitrogen and oxygen atoms in total. The molecule has 0 amide bonds. The van der Waals surface area contributed by atoms with Crippen LogP contribution in [-0.2, 0) is 11.3 Å². The van der Waals surface area contributed by atoms with Crippen LogP contribution in [0, 0.1) is 5.92 Å². The van der Waals surface area contributed by atoms with E-state index in [2.05, 4.69) is 23.5 Å². The molecule has 1 aromatic rings. The molecule has 3 heteroatoms. The molecule has 1 aliphatic heterocycles. The van der Waals surface area contributed by atoms with Crippen LogP contribution in [0.15, 0.2) is 24.3 Å². The number of rotatable bonds is 4. The highest BCUT2D eigenvalue weighted by atomic mass is 16.5. The molecule has 1 aromatic carbocycles. The van der Waals surface area contributed by atoms with Crippen molar-refractivity contribution in [2.24, 2.45) is 5.92 Å². The molecule has 2 atom stereocenters.